The van der Waals surface area contributed by atoms with Gasteiger partial charge in [0.1, 0.15) is 0 Å². The third-order valence-corrected chi connectivity index (χ3v) is 2.99. The molecule has 1 saturated heterocycles. The lowest BCUT2D eigenvalue weighted by molar-refractivity contribution is 0.356. The first kappa shape index (κ1) is 9.05. The molecule has 0 unspecified atom stereocenters. The van der Waals surface area contributed by atoms with Crippen LogP contribution in [0.2, 0.25) is 0 Å². The maximum Gasteiger partial charge on any atom is 0.0128 e. The summed E-state index contributed by atoms with van der Waals surface area (Å²) >= 11 is 0. The van der Waals surface area contributed by atoms with Crippen LogP contribution in [0.1, 0.15) is 47.0 Å². The second-order valence-electron chi connectivity index (χ2n) is 4.56. The summed E-state index contributed by atoms with van der Waals surface area (Å²) in [7, 11) is 0. The van der Waals surface area contributed by atoms with Gasteiger partial charge < -0.3 is 5.32 Å². The van der Waals surface area contributed by atoms with E-state index in [-0.39, 0.29) is 0 Å². The van der Waals surface area contributed by atoms with E-state index in [1.54, 1.807) is 0 Å². The van der Waals surface area contributed by atoms with Gasteiger partial charge in [-0.1, -0.05) is 20.3 Å². The second-order valence-corrected chi connectivity index (χ2v) is 4.56. The van der Waals surface area contributed by atoms with E-state index in [1.165, 1.54) is 19.3 Å². The van der Waals surface area contributed by atoms with Gasteiger partial charge in [-0.3, -0.25) is 0 Å². The molecule has 1 heteroatoms. The molecule has 1 heterocycles. The standard InChI is InChI=1S/C10H21N/c1-5-8(2)9-6-7-10(3,4)11-9/h8-9,11H,5-7H2,1-4H3/t8-,9+/m0/s1. The molecule has 2 atom stereocenters. The Bertz CT molecular complexity index is 129. The van der Waals surface area contributed by atoms with Crippen LogP contribution in [0, 0.1) is 5.92 Å². The van der Waals surface area contributed by atoms with Gasteiger partial charge in [-0.05, 0) is 32.6 Å². The third-order valence-electron chi connectivity index (χ3n) is 2.99. The molecule has 0 amide bonds. The van der Waals surface area contributed by atoms with E-state index in [2.05, 4.69) is 33.0 Å². The number of nitrogens with one attached hydrogen (secondary N) is 1. The minimum Gasteiger partial charge on any atom is -0.309 e. The Hall–Kier alpha value is -0.0400. The highest BCUT2D eigenvalue weighted by molar-refractivity contribution is 4.92. The molecule has 1 N–H and O–H groups in total. The zero-order chi connectivity index (χ0) is 8.48. The van der Waals surface area contributed by atoms with Gasteiger partial charge in [0.25, 0.3) is 0 Å². The molecule has 0 aromatic carbocycles. The predicted octanol–water partition coefficient (Wildman–Crippen LogP) is 2.56. The van der Waals surface area contributed by atoms with Gasteiger partial charge in [-0.15, -0.1) is 0 Å². The molecule has 0 aromatic heterocycles. The number of hydrogen-bond donors (Lipinski definition) is 1. The van der Waals surface area contributed by atoms with E-state index in [0.29, 0.717) is 5.54 Å². The average molecular weight is 155 g/mol. The van der Waals surface area contributed by atoms with Crippen molar-refractivity contribution in [1.29, 1.82) is 0 Å². The lowest BCUT2D eigenvalue weighted by Gasteiger charge is -2.23. The lowest BCUT2D eigenvalue weighted by atomic mass is 9.98. The summed E-state index contributed by atoms with van der Waals surface area (Å²) in [5.41, 5.74) is 0.397. The van der Waals surface area contributed by atoms with E-state index >= 15 is 0 Å². The van der Waals surface area contributed by atoms with Gasteiger partial charge in [0, 0.05) is 11.6 Å². The second kappa shape index (κ2) is 3.14. The molecule has 11 heavy (non-hydrogen) atoms. The largest absolute Gasteiger partial charge is 0.309 e. The van der Waals surface area contributed by atoms with E-state index in [9.17, 15) is 0 Å². The molecule has 0 saturated carbocycles. The molecule has 66 valence electrons. The Morgan fingerprint density at radius 3 is 2.55 bits per heavy atom. The topological polar surface area (TPSA) is 12.0 Å². The zero-order valence-corrected chi connectivity index (χ0v) is 8.28. The van der Waals surface area contributed by atoms with Crippen LogP contribution in [0.5, 0.6) is 0 Å². The zero-order valence-electron chi connectivity index (χ0n) is 8.28. The monoisotopic (exact) mass is 155 g/mol. The molecule has 1 fully saturated rings. The molecule has 1 aliphatic rings. The fourth-order valence-corrected chi connectivity index (χ4v) is 1.87. The summed E-state index contributed by atoms with van der Waals surface area (Å²) in [4.78, 5) is 0. The fourth-order valence-electron chi connectivity index (χ4n) is 1.87. The van der Waals surface area contributed by atoms with Crippen molar-refractivity contribution in [3.8, 4) is 0 Å². The van der Waals surface area contributed by atoms with Crippen LogP contribution in [0.15, 0.2) is 0 Å². The summed E-state index contributed by atoms with van der Waals surface area (Å²) in [6.07, 6.45) is 4.00. The Labute approximate surface area is 70.6 Å². The lowest BCUT2D eigenvalue weighted by Crippen LogP contribution is -2.40. The molecule has 0 radical (unpaired) electrons. The van der Waals surface area contributed by atoms with Crippen molar-refractivity contribution in [3.63, 3.8) is 0 Å². The van der Waals surface area contributed by atoms with Crippen molar-refractivity contribution in [2.45, 2.75) is 58.5 Å². The minimum absolute atomic E-state index is 0.397. The van der Waals surface area contributed by atoms with Gasteiger partial charge in [-0.2, -0.15) is 0 Å². The SMILES string of the molecule is CC[C@H](C)[C@H]1CCC(C)(C)N1. The highest BCUT2D eigenvalue weighted by atomic mass is 15.0. The van der Waals surface area contributed by atoms with E-state index in [4.69, 9.17) is 0 Å². The molecule has 0 bridgehead atoms. The smallest absolute Gasteiger partial charge is 0.0128 e. The highest BCUT2D eigenvalue weighted by Crippen LogP contribution is 2.27. The van der Waals surface area contributed by atoms with Gasteiger partial charge in [0.05, 0.1) is 0 Å². The normalized spacial score (nSPS) is 32.2. The van der Waals surface area contributed by atoms with Gasteiger partial charge >= 0.3 is 0 Å². The Kier molecular flexibility index (Phi) is 2.58. The van der Waals surface area contributed by atoms with E-state index < -0.39 is 0 Å². The number of rotatable bonds is 2. The Morgan fingerprint density at radius 1 is 1.55 bits per heavy atom. The molecule has 0 aromatic rings. The van der Waals surface area contributed by atoms with Crippen LogP contribution < -0.4 is 5.32 Å². The summed E-state index contributed by atoms with van der Waals surface area (Å²) in [5.74, 6) is 0.844. The van der Waals surface area contributed by atoms with Crippen LogP contribution in [0.25, 0.3) is 0 Å². The first-order chi connectivity index (χ1) is 5.05. The highest BCUT2D eigenvalue weighted by Gasteiger charge is 2.31. The van der Waals surface area contributed by atoms with Crippen molar-refractivity contribution >= 4 is 0 Å². The van der Waals surface area contributed by atoms with Crippen molar-refractivity contribution in [2.75, 3.05) is 0 Å². The summed E-state index contributed by atoms with van der Waals surface area (Å²) in [5, 5.41) is 3.68. The first-order valence-corrected chi connectivity index (χ1v) is 4.83. The number of hydrogen-bond acceptors (Lipinski definition) is 1. The molecule has 0 spiro atoms. The van der Waals surface area contributed by atoms with Crippen LogP contribution in [-0.2, 0) is 0 Å². The van der Waals surface area contributed by atoms with Crippen LogP contribution in [0.4, 0.5) is 0 Å². The Balaban J connectivity index is 2.41. The fraction of sp³-hybridized carbons (Fsp3) is 1.00. The van der Waals surface area contributed by atoms with Crippen molar-refractivity contribution in [2.24, 2.45) is 5.92 Å². The quantitative estimate of drug-likeness (QED) is 0.646. The maximum absolute atomic E-state index is 3.68. The van der Waals surface area contributed by atoms with Gasteiger partial charge in [0.2, 0.25) is 0 Å². The summed E-state index contributed by atoms with van der Waals surface area (Å²) in [6, 6.07) is 0.773. The first-order valence-electron chi connectivity index (χ1n) is 4.83. The molecule has 1 rings (SSSR count). The minimum atomic E-state index is 0.397. The van der Waals surface area contributed by atoms with Gasteiger partial charge in [0.15, 0.2) is 0 Å². The van der Waals surface area contributed by atoms with Crippen molar-refractivity contribution in [3.05, 3.63) is 0 Å². The molecule has 0 aliphatic carbocycles. The van der Waals surface area contributed by atoms with Crippen molar-refractivity contribution < 1.29 is 0 Å². The predicted molar refractivity (Wildman–Crippen MR) is 49.7 cm³/mol. The van der Waals surface area contributed by atoms with Crippen LogP contribution in [-0.4, -0.2) is 11.6 Å². The van der Waals surface area contributed by atoms with Crippen LogP contribution >= 0.6 is 0 Å². The summed E-state index contributed by atoms with van der Waals surface area (Å²) in [6.45, 7) is 9.22. The maximum atomic E-state index is 3.68. The van der Waals surface area contributed by atoms with E-state index in [1.807, 2.05) is 0 Å². The average Bonchev–Trinajstić information content (AvgIpc) is 2.29. The van der Waals surface area contributed by atoms with Crippen LogP contribution in [0.3, 0.4) is 0 Å². The Morgan fingerprint density at radius 2 is 2.18 bits per heavy atom. The molecular formula is C10H21N. The van der Waals surface area contributed by atoms with E-state index in [0.717, 1.165) is 12.0 Å². The van der Waals surface area contributed by atoms with Crippen molar-refractivity contribution in [1.82, 2.24) is 5.32 Å². The molecule has 1 nitrogen and oxygen atoms in total. The third kappa shape index (κ3) is 2.19. The molecular weight excluding hydrogens is 134 g/mol. The molecule has 1 aliphatic heterocycles. The summed E-state index contributed by atoms with van der Waals surface area (Å²) < 4.78 is 0. The van der Waals surface area contributed by atoms with Gasteiger partial charge in [-0.25, -0.2) is 0 Å².